The van der Waals surface area contributed by atoms with Crippen LogP contribution in [0, 0.1) is 0 Å². The van der Waals surface area contributed by atoms with Crippen molar-refractivity contribution in [3.63, 3.8) is 0 Å². The number of anilines is 2. The lowest BCUT2D eigenvalue weighted by Crippen LogP contribution is -2.38. The summed E-state index contributed by atoms with van der Waals surface area (Å²) in [4.78, 5) is 26.6. The number of ether oxygens (including phenoxy) is 1. The van der Waals surface area contributed by atoms with E-state index in [0.29, 0.717) is 13.1 Å². The molecule has 0 bridgehead atoms. The third-order valence-corrected chi connectivity index (χ3v) is 4.67. The molecule has 3 rings (SSSR count). The van der Waals surface area contributed by atoms with Gasteiger partial charge in [-0.1, -0.05) is 18.2 Å². The number of alkyl halides is 3. The maximum Gasteiger partial charge on any atom is 0.416 e. The van der Waals surface area contributed by atoms with Gasteiger partial charge in [0.2, 0.25) is 0 Å². The Balaban J connectivity index is 1.75. The molecule has 1 aliphatic heterocycles. The Morgan fingerprint density at radius 2 is 1.76 bits per heavy atom. The summed E-state index contributed by atoms with van der Waals surface area (Å²) in [6, 6.07) is 11.0. The van der Waals surface area contributed by atoms with E-state index in [2.05, 4.69) is 5.32 Å². The Morgan fingerprint density at radius 3 is 2.45 bits per heavy atom. The highest BCUT2D eigenvalue weighted by atomic mass is 19.4. The number of hydrogen-bond donors (Lipinski definition) is 1. The molecule has 2 aromatic carbocycles. The molecule has 5 nitrogen and oxygen atoms in total. The van der Waals surface area contributed by atoms with Crippen LogP contribution in [0.5, 0.6) is 0 Å². The van der Waals surface area contributed by atoms with E-state index in [0.717, 1.165) is 25.0 Å². The van der Waals surface area contributed by atoms with Gasteiger partial charge in [0.1, 0.15) is 0 Å². The van der Waals surface area contributed by atoms with Gasteiger partial charge in [-0.15, -0.1) is 0 Å². The van der Waals surface area contributed by atoms with Gasteiger partial charge >= 0.3 is 12.1 Å². The standard InChI is InChI=1S/C21H21F3N2O3/c1-14(19(27)26-11-4-5-12-26)29-20(28)17-9-2-3-10-18(17)25-16-8-6-7-15(13-16)21(22,23)24/h2-3,6-10,13-14,25H,4-5,11-12H2,1H3. The van der Waals surface area contributed by atoms with E-state index in [1.54, 1.807) is 23.1 Å². The zero-order valence-electron chi connectivity index (χ0n) is 15.8. The Labute approximate surface area is 166 Å². The fourth-order valence-electron chi connectivity index (χ4n) is 3.17. The summed E-state index contributed by atoms with van der Waals surface area (Å²) in [5.74, 6) is -0.973. The maximum atomic E-state index is 12.9. The van der Waals surface area contributed by atoms with Gasteiger partial charge in [-0.3, -0.25) is 4.79 Å². The zero-order valence-corrected chi connectivity index (χ0v) is 15.8. The van der Waals surface area contributed by atoms with E-state index in [1.807, 2.05) is 0 Å². The summed E-state index contributed by atoms with van der Waals surface area (Å²) in [6.45, 7) is 2.81. The SMILES string of the molecule is CC(OC(=O)c1ccccc1Nc1cccc(C(F)(F)F)c1)C(=O)N1CCCC1. The second kappa shape index (κ2) is 8.55. The number of nitrogens with one attached hydrogen (secondary N) is 1. The van der Waals surface area contributed by atoms with Crippen molar-refractivity contribution in [3.8, 4) is 0 Å². The second-order valence-corrected chi connectivity index (χ2v) is 6.83. The van der Waals surface area contributed by atoms with Gasteiger partial charge < -0.3 is 15.0 Å². The first-order valence-corrected chi connectivity index (χ1v) is 9.29. The van der Waals surface area contributed by atoms with Crippen LogP contribution in [0.1, 0.15) is 35.7 Å². The van der Waals surface area contributed by atoms with E-state index in [4.69, 9.17) is 4.74 Å². The number of amides is 1. The van der Waals surface area contributed by atoms with Crippen molar-refractivity contribution in [1.29, 1.82) is 0 Å². The minimum absolute atomic E-state index is 0.131. The van der Waals surface area contributed by atoms with Crippen molar-refractivity contribution < 1.29 is 27.5 Å². The lowest BCUT2D eigenvalue weighted by molar-refractivity contribution is -0.138. The first-order chi connectivity index (χ1) is 13.8. The van der Waals surface area contributed by atoms with Gasteiger partial charge in [0.25, 0.3) is 5.91 Å². The molecule has 0 aliphatic carbocycles. The van der Waals surface area contributed by atoms with E-state index >= 15 is 0 Å². The van der Waals surface area contributed by atoms with Crippen molar-refractivity contribution in [1.82, 2.24) is 4.90 Å². The van der Waals surface area contributed by atoms with Crippen LogP contribution in [0.4, 0.5) is 24.5 Å². The lowest BCUT2D eigenvalue weighted by Gasteiger charge is -2.21. The smallest absolute Gasteiger partial charge is 0.416 e. The van der Waals surface area contributed by atoms with Crippen LogP contribution < -0.4 is 5.32 Å². The Kier molecular flexibility index (Phi) is 6.10. The van der Waals surface area contributed by atoms with Crippen molar-refractivity contribution >= 4 is 23.3 Å². The number of carbonyl (C=O) groups excluding carboxylic acids is 2. The summed E-state index contributed by atoms with van der Waals surface area (Å²) in [6.07, 6.45) is -3.56. The van der Waals surface area contributed by atoms with Crippen molar-refractivity contribution in [3.05, 3.63) is 59.7 Å². The molecule has 2 aromatic rings. The number of rotatable bonds is 5. The summed E-state index contributed by atoms with van der Waals surface area (Å²) in [5.41, 5.74) is -0.197. The first kappa shape index (κ1) is 20.7. The Bertz CT molecular complexity index is 893. The molecule has 1 heterocycles. The highest BCUT2D eigenvalue weighted by Gasteiger charge is 2.30. The largest absolute Gasteiger partial charge is 0.449 e. The van der Waals surface area contributed by atoms with E-state index in [9.17, 15) is 22.8 Å². The molecular weight excluding hydrogens is 385 g/mol. The van der Waals surface area contributed by atoms with Gasteiger partial charge in [0, 0.05) is 18.8 Å². The molecule has 0 radical (unpaired) electrons. The van der Waals surface area contributed by atoms with Gasteiger partial charge in [-0.2, -0.15) is 13.2 Å². The van der Waals surface area contributed by atoms with Crippen LogP contribution in [-0.4, -0.2) is 36.0 Å². The van der Waals surface area contributed by atoms with E-state index in [1.165, 1.54) is 25.1 Å². The highest BCUT2D eigenvalue weighted by molar-refractivity contribution is 5.98. The monoisotopic (exact) mass is 406 g/mol. The first-order valence-electron chi connectivity index (χ1n) is 9.29. The molecule has 8 heteroatoms. The molecular formula is C21H21F3N2O3. The third-order valence-electron chi connectivity index (χ3n) is 4.67. The van der Waals surface area contributed by atoms with Gasteiger partial charge in [-0.05, 0) is 50.1 Å². The van der Waals surface area contributed by atoms with Crippen molar-refractivity contribution in [2.45, 2.75) is 32.0 Å². The van der Waals surface area contributed by atoms with Crippen LogP contribution in [0.15, 0.2) is 48.5 Å². The van der Waals surface area contributed by atoms with Crippen molar-refractivity contribution in [2.75, 3.05) is 18.4 Å². The van der Waals surface area contributed by atoms with Crippen LogP contribution in [-0.2, 0) is 15.7 Å². The number of nitrogens with zero attached hydrogens (tertiary/aromatic N) is 1. The summed E-state index contributed by atoms with van der Waals surface area (Å²) in [7, 11) is 0. The Hall–Kier alpha value is -3.03. The number of esters is 1. The third kappa shape index (κ3) is 5.07. The van der Waals surface area contributed by atoms with Crippen LogP contribution in [0.25, 0.3) is 0 Å². The van der Waals surface area contributed by atoms with Crippen molar-refractivity contribution in [2.24, 2.45) is 0 Å². The molecule has 29 heavy (non-hydrogen) atoms. The molecule has 1 aliphatic rings. The molecule has 1 N–H and O–H groups in total. The van der Waals surface area contributed by atoms with Gasteiger partial charge in [0.15, 0.2) is 6.10 Å². The molecule has 154 valence electrons. The number of halogens is 3. The lowest BCUT2D eigenvalue weighted by atomic mass is 10.1. The van der Waals surface area contributed by atoms with E-state index < -0.39 is 23.8 Å². The minimum atomic E-state index is -4.47. The number of hydrogen-bond acceptors (Lipinski definition) is 4. The number of likely N-dealkylation sites (tertiary alicyclic amines) is 1. The number of carbonyl (C=O) groups is 2. The quantitative estimate of drug-likeness (QED) is 0.737. The molecule has 0 saturated carbocycles. The summed E-state index contributed by atoms with van der Waals surface area (Å²) in [5, 5.41) is 2.83. The zero-order chi connectivity index (χ0) is 21.0. The average Bonchev–Trinajstić information content (AvgIpc) is 3.22. The maximum absolute atomic E-state index is 12.9. The summed E-state index contributed by atoms with van der Waals surface area (Å²) < 4.78 is 44.1. The number of benzene rings is 2. The van der Waals surface area contributed by atoms with Crippen LogP contribution >= 0.6 is 0 Å². The van der Waals surface area contributed by atoms with Crippen LogP contribution in [0.3, 0.4) is 0 Å². The molecule has 1 amide bonds. The molecule has 1 saturated heterocycles. The predicted molar refractivity (Wildman–Crippen MR) is 102 cm³/mol. The molecule has 1 atom stereocenters. The fourth-order valence-corrected chi connectivity index (χ4v) is 3.17. The highest BCUT2D eigenvalue weighted by Crippen LogP contribution is 2.32. The normalized spacial score (nSPS) is 15.1. The molecule has 0 aromatic heterocycles. The molecule has 0 spiro atoms. The van der Waals surface area contributed by atoms with Gasteiger partial charge in [-0.25, -0.2) is 4.79 Å². The Morgan fingerprint density at radius 1 is 1.07 bits per heavy atom. The minimum Gasteiger partial charge on any atom is -0.449 e. The number of para-hydroxylation sites is 1. The van der Waals surface area contributed by atoms with Crippen LogP contribution in [0.2, 0.25) is 0 Å². The van der Waals surface area contributed by atoms with Gasteiger partial charge in [0.05, 0.1) is 16.8 Å². The second-order valence-electron chi connectivity index (χ2n) is 6.83. The molecule has 1 unspecified atom stereocenters. The predicted octanol–water partition coefficient (Wildman–Crippen LogP) is 4.62. The molecule has 1 fully saturated rings. The topological polar surface area (TPSA) is 58.6 Å². The average molecular weight is 406 g/mol. The fraction of sp³-hybridized carbons (Fsp3) is 0.333. The van der Waals surface area contributed by atoms with E-state index in [-0.39, 0.29) is 22.8 Å². The summed E-state index contributed by atoms with van der Waals surface area (Å²) >= 11 is 0.